The molecule has 2 aromatic rings. The molecule has 2 saturated heterocycles. The number of nitrogens with one attached hydrogen (secondary N) is 1. The van der Waals surface area contributed by atoms with Crippen molar-refractivity contribution < 1.29 is 9.59 Å². The summed E-state index contributed by atoms with van der Waals surface area (Å²) in [5.41, 5.74) is 2.11. The van der Waals surface area contributed by atoms with E-state index < -0.39 is 0 Å². The maximum Gasteiger partial charge on any atom is 0.320 e. The molecule has 1 aromatic carbocycles. The first-order chi connectivity index (χ1) is 14.2. The highest BCUT2D eigenvalue weighted by molar-refractivity contribution is 5.81. The second-order valence-corrected chi connectivity index (χ2v) is 7.93. The quantitative estimate of drug-likeness (QED) is 0.845. The predicted molar refractivity (Wildman–Crippen MR) is 111 cm³/mol. The minimum atomic E-state index is -0.109. The van der Waals surface area contributed by atoms with Crippen LogP contribution in [0.25, 0.3) is 5.69 Å². The van der Waals surface area contributed by atoms with Crippen LogP contribution in [0.4, 0.5) is 4.79 Å². The Labute approximate surface area is 171 Å². The molecule has 7 nitrogen and oxygen atoms in total. The van der Waals surface area contributed by atoms with E-state index in [2.05, 4.69) is 10.4 Å². The van der Waals surface area contributed by atoms with Gasteiger partial charge in [-0.1, -0.05) is 18.2 Å². The maximum absolute atomic E-state index is 12.6. The van der Waals surface area contributed by atoms with Crippen molar-refractivity contribution in [1.82, 2.24) is 24.9 Å². The lowest BCUT2D eigenvalue weighted by molar-refractivity contribution is -0.126. The minimum absolute atomic E-state index is 0.0550. The molecule has 1 aromatic heterocycles. The molecule has 1 N–H and O–H groups in total. The maximum atomic E-state index is 12.6. The number of amides is 3. The molecule has 4 rings (SSSR count). The van der Waals surface area contributed by atoms with Gasteiger partial charge in [-0.25, -0.2) is 9.48 Å². The minimum Gasteiger partial charge on any atom is -0.355 e. The molecule has 7 heteroatoms. The fourth-order valence-electron chi connectivity index (χ4n) is 4.16. The molecule has 0 saturated carbocycles. The van der Waals surface area contributed by atoms with E-state index >= 15 is 0 Å². The fraction of sp³-hybridized carbons (Fsp3) is 0.500. The lowest BCUT2D eigenvalue weighted by atomic mass is 9.97. The molecule has 0 spiro atoms. The van der Waals surface area contributed by atoms with Crippen LogP contribution in [0.1, 0.15) is 31.2 Å². The molecule has 0 radical (unpaired) electrons. The molecule has 154 valence electrons. The topological polar surface area (TPSA) is 70.5 Å². The van der Waals surface area contributed by atoms with Crippen molar-refractivity contribution in [2.45, 2.75) is 32.1 Å². The summed E-state index contributed by atoms with van der Waals surface area (Å²) in [6.07, 6.45) is 8.49. The Bertz CT molecular complexity index is 829. The van der Waals surface area contributed by atoms with Gasteiger partial charge in [0.1, 0.15) is 0 Å². The Morgan fingerprint density at radius 2 is 1.79 bits per heavy atom. The van der Waals surface area contributed by atoms with Crippen LogP contribution in [-0.2, 0) is 11.2 Å². The molecule has 0 unspecified atom stereocenters. The van der Waals surface area contributed by atoms with Crippen LogP contribution in [0, 0.1) is 5.92 Å². The van der Waals surface area contributed by atoms with Gasteiger partial charge in [-0.05, 0) is 49.8 Å². The van der Waals surface area contributed by atoms with E-state index in [1.165, 1.54) is 0 Å². The van der Waals surface area contributed by atoms with Crippen LogP contribution < -0.4 is 5.32 Å². The largest absolute Gasteiger partial charge is 0.355 e. The fourth-order valence-corrected chi connectivity index (χ4v) is 4.16. The van der Waals surface area contributed by atoms with Crippen LogP contribution in [0.5, 0.6) is 0 Å². The Morgan fingerprint density at radius 1 is 1.03 bits per heavy atom. The van der Waals surface area contributed by atoms with Crippen LogP contribution >= 0.6 is 0 Å². The van der Waals surface area contributed by atoms with Crippen LogP contribution in [0.2, 0.25) is 0 Å². The molecular formula is C22H29N5O2. The zero-order valence-corrected chi connectivity index (χ0v) is 16.8. The van der Waals surface area contributed by atoms with E-state index in [1.807, 2.05) is 57.2 Å². The smallest absolute Gasteiger partial charge is 0.320 e. The monoisotopic (exact) mass is 395 g/mol. The van der Waals surface area contributed by atoms with Gasteiger partial charge in [0.05, 0.1) is 17.8 Å². The molecule has 3 heterocycles. The average Bonchev–Trinajstić information content (AvgIpc) is 3.46. The number of likely N-dealkylation sites (tertiary alicyclic amines) is 2. The van der Waals surface area contributed by atoms with Gasteiger partial charge in [-0.3, -0.25) is 4.79 Å². The molecule has 3 amide bonds. The van der Waals surface area contributed by atoms with Crippen molar-refractivity contribution in [2.75, 3.05) is 32.7 Å². The highest BCUT2D eigenvalue weighted by Crippen LogP contribution is 2.20. The number of carbonyl (C=O) groups excluding carboxylic acids is 2. The zero-order valence-electron chi connectivity index (χ0n) is 16.8. The third-order valence-electron chi connectivity index (χ3n) is 5.81. The number of aromatic nitrogens is 2. The number of hydrogen-bond donors (Lipinski definition) is 1. The summed E-state index contributed by atoms with van der Waals surface area (Å²) in [6, 6.07) is 10.1. The van der Waals surface area contributed by atoms with E-state index in [9.17, 15) is 9.59 Å². The summed E-state index contributed by atoms with van der Waals surface area (Å²) >= 11 is 0. The second kappa shape index (κ2) is 9.11. The summed E-state index contributed by atoms with van der Waals surface area (Å²) < 4.78 is 1.85. The number of carbonyl (C=O) groups is 2. The molecule has 0 bridgehead atoms. The summed E-state index contributed by atoms with van der Waals surface area (Å²) in [5, 5.41) is 7.45. The van der Waals surface area contributed by atoms with Crippen LogP contribution in [0.3, 0.4) is 0 Å². The third-order valence-corrected chi connectivity index (χ3v) is 5.81. The lowest BCUT2D eigenvalue weighted by Gasteiger charge is -2.34. The molecule has 2 aliphatic rings. The average molecular weight is 396 g/mol. The van der Waals surface area contributed by atoms with Crippen molar-refractivity contribution >= 4 is 11.9 Å². The molecule has 1 atom stereocenters. The van der Waals surface area contributed by atoms with Gasteiger partial charge in [0.15, 0.2) is 0 Å². The van der Waals surface area contributed by atoms with Gasteiger partial charge in [-0.2, -0.15) is 5.10 Å². The number of nitrogens with zero attached hydrogens (tertiary/aromatic N) is 4. The summed E-state index contributed by atoms with van der Waals surface area (Å²) in [7, 11) is 0. The van der Waals surface area contributed by atoms with Crippen molar-refractivity contribution in [2.24, 2.45) is 5.92 Å². The van der Waals surface area contributed by atoms with Crippen molar-refractivity contribution in [1.29, 1.82) is 0 Å². The number of rotatable bonds is 5. The Hall–Kier alpha value is -2.83. The van der Waals surface area contributed by atoms with Crippen molar-refractivity contribution in [3.8, 4) is 5.69 Å². The first-order valence-corrected chi connectivity index (χ1v) is 10.6. The Morgan fingerprint density at radius 3 is 2.59 bits per heavy atom. The SMILES string of the molecule is O=C(NCCc1cnn(-c2ccccc2)c1)[C@H]1CCCN(C(=O)N2CCCC2)C1. The van der Waals surface area contributed by atoms with Gasteiger partial charge in [0.2, 0.25) is 5.91 Å². The Kier molecular flexibility index (Phi) is 6.12. The number of piperidine rings is 1. The van der Waals surface area contributed by atoms with E-state index in [0.717, 1.165) is 63.0 Å². The normalized spacial score (nSPS) is 19.4. The molecule has 2 fully saturated rings. The van der Waals surface area contributed by atoms with E-state index in [1.54, 1.807) is 0 Å². The highest BCUT2D eigenvalue weighted by atomic mass is 16.2. The van der Waals surface area contributed by atoms with Gasteiger partial charge in [0, 0.05) is 38.9 Å². The Balaban J connectivity index is 1.24. The van der Waals surface area contributed by atoms with Gasteiger partial charge < -0.3 is 15.1 Å². The molecular weight excluding hydrogens is 366 g/mol. The van der Waals surface area contributed by atoms with Gasteiger partial charge >= 0.3 is 6.03 Å². The lowest BCUT2D eigenvalue weighted by Crippen LogP contribution is -2.49. The number of hydrogen-bond acceptors (Lipinski definition) is 3. The van der Waals surface area contributed by atoms with E-state index in [-0.39, 0.29) is 17.9 Å². The predicted octanol–water partition coefficient (Wildman–Crippen LogP) is 2.46. The number of para-hydroxylation sites is 1. The summed E-state index contributed by atoms with van der Waals surface area (Å²) in [5.74, 6) is -0.0540. The van der Waals surface area contributed by atoms with E-state index in [0.29, 0.717) is 13.1 Å². The van der Waals surface area contributed by atoms with Crippen molar-refractivity contribution in [3.63, 3.8) is 0 Å². The van der Waals surface area contributed by atoms with Gasteiger partial charge in [0.25, 0.3) is 0 Å². The second-order valence-electron chi connectivity index (χ2n) is 7.93. The summed E-state index contributed by atoms with van der Waals surface area (Å²) in [4.78, 5) is 29.0. The number of benzene rings is 1. The zero-order chi connectivity index (χ0) is 20.1. The van der Waals surface area contributed by atoms with E-state index in [4.69, 9.17) is 0 Å². The number of urea groups is 1. The molecule has 0 aliphatic carbocycles. The van der Waals surface area contributed by atoms with Crippen molar-refractivity contribution in [3.05, 3.63) is 48.3 Å². The van der Waals surface area contributed by atoms with Gasteiger partial charge in [-0.15, -0.1) is 0 Å². The van der Waals surface area contributed by atoms with Crippen LogP contribution in [0.15, 0.2) is 42.7 Å². The van der Waals surface area contributed by atoms with Crippen LogP contribution in [-0.4, -0.2) is 64.2 Å². The third kappa shape index (κ3) is 4.78. The first-order valence-electron chi connectivity index (χ1n) is 10.6. The summed E-state index contributed by atoms with van der Waals surface area (Å²) in [6.45, 7) is 3.58. The molecule has 29 heavy (non-hydrogen) atoms. The first kappa shape index (κ1) is 19.5. The highest BCUT2D eigenvalue weighted by Gasteiger charge is 2.31. The standard InChI is InChI=1S/C22H29N5O2/c28-21(19-7-6-14-26(17-19)22(29)25-12-4-5-13-25)23-11-10-18-15-24-27(16-18)20-8-2-1-3-9-20/h1-3,8-9,15-16,19H,4-7,10-14,17H2,(H,23,28)/t19-/m0/s1. The molecule has 2 aliphatic heterocycles.